The molecule has 2 saturated heterocycles. The monoisotopic (exact) mass is 434 g/mol. The number of carbonyl (C=O) groups is 1. The maximum absolute atomic E-state index is 14.7. The molecule has 32 heavy (non-hydrogen) atoms. The second-order valence-electron chi connectivity index (χ2n) is 9.86. The van der Waals surface area contributed by atoms with Gasteiger partial charge in [0.1, 0.15) is 11.9 Å². The Morgan fingerprint density at radius 3 is 2.72 bits per heavy atom. The van der Waals surface area contributed by atoms with E-state index in [2.05, 4.69) is 19.1 Å². The van der Waals surface area contributed by atoms with Gasteiger partial charge in [0.25, 0.3) is 11.5 Å². The molecule has 2 unspecified atom stereocenters. The molecule has 6 heteroatoms. The Morgan fingerprint density at radius 2 is 1.94 bits per heavy atom. The number of aromatic nitrogens is 1. The van der Waals surface area contributed by atoms with Crippen LogP contribution in [0.3, 0.4) is 0 Å². The molecule has 166 valence electrons. The minimum Gasteiger partial charge on any atom is -0.332 e. The zero-order valence-electron chi connectivity index (χ0n) is 18.6. The van der Waals surface area contributed by atoms with Crippen molar-refractivity contribution in [2.75, 3.05) is 33.7 Å². The molecule has 1 aromatic heterocycles. The van der Waals surface area contributed by atoms with Crippen molar-refractivity contribution in [3.8, 4) is 0 Å². The standard InChI is InChI=1S/C26H28FN3O2/c1-30(2)11-5-6-18-15-29(16-24(18)30)26(32)22-13-17(9-10-23(22)27)12-19-14-28-25(31)21-8-4-3-7-20(19)21/h3-4,7-10,13-14,18,24H,5-6,11-12,15-16H2,1-2H3/p+1. The topological polar surface area (TPSA) is 53.2 Å². The van der Waals surface area contributed by atoms with Crippen molar-refractivity contribution >= 4 is 16.7 Å². The van der Waals surface area contributed by atoms with Crippen LogP contribution in [0.1, 0.15) is 34.3 Å². The number of hydrogen-bond donors (Lipinski definition) is 1. The van der Waals surface area contributed by atoms with Crippen LogP contribution in [-0.4, -0.2) is 60.0 Å². The summed E-state index contributed by atoms with van der Waals surface area (Å²) in [5.74, 6) is -0.208. The molecule has 0 spiro atoms. The Kier molecular flexibility index (Phi) is 5.13. The van der Waals surface area contributed by atoms with Gasteiger partial charge in [0, 0.05) is 24.0 Å². The third-order valence-electron chi connectivity index (χ3n) is 7.45. The molecule has 0 bridgehead atoms. The molecule has 2 aliphatic heterocycles. The van der Waals surface area contributed by atoms with Gasteiger partial charge in [0.15, 0.2) is 0 Å². The highest BCUT2D eigenvalue weighted by Crippen LogP contribution is 2.34. The number of H-pyrrole nitrogens is 1. The van der Waals surface area contributed by atoms with E-state index in [-0.39, 0.29) is 17.0 Å². The van der Waals surface area contributed by atoms with E-state index >= 15 is 0 Å². The van der Waals surface area contributed by atoms with Gasteiger partial charge in [-0.2, -0.15) is 0 Å². The highest BCUT2D eigenvalue weighted by molar-refractivity contribution is 5.95. The number of fused-ring (bicyclic) bond motifs is 2. The van der Waals surface area contributed by atoms with Crippen LogP contribution in [-0.2, 0) is 6.42 Å². The van der Waals surface area contributed by atoms with Gasteiger partial charge in [0.2, 0.25) is 0 Å². The molecule has 1 amide bonds. The zero-order valence-corrected chi connectivity index (χ0v) is 18.6. The first-order valence-electron chi connectivity index (χ1n) is 11.3. The molecule has 3 heterocycles. The summed E-state index contributed by atoms with van der Waals surface area (Å²) in [6.45, 7) is 2.52. The van der Waals surface area contributed by atoms with Gasteiger partial charge in [0.05, 0.1) is 32.7 Å². The molecule has 0 radical (unpaired) electrons. The number of likely N-dealkylation sites (tertiary alicyclic amines) is 2. The number of likely N-dealkylation sites (N-methyl/N-ethyl adjacent to an activating group) is 1. The second-order valence-corrected chi connectivity index (χ2v) is 9.86. The number of pyridine rings is 1. The summed E-state index contributed by atoms with van der Waals surface area (Å²) >= 11 is 0. The van der Waals surface area contributed by atoms with Crippen molar-refractivity contribution in [1.29, 1.82) is 0 Å². The number of rotatable bonds is 3. The van der Waals surface area contributed by atoms with Crippen molar-refractivity contribution in [2.24, 2.45) is 5.92 Å². The van der Waals surface area contributed by atoms with Crippen molar-refractivity contribution in [1.82, 2.24) is 9.88 Å². The summed E-state index contributed by atoms with van der Waals surface area (Å²) in [4.78, 5) is 30.1. The first-order valence-corrected chi connectivity index (χ1v) is 11.3. The summed E-state index contributed by atoms with van der Waals surface area (Å²) in [5.41, 5.74) is 1.80. The lowest BCUT2D eigenvalue weighted by Crippen LogP contribution is -2.56. The second kappa shape index (κ2) is 7.85. The number of piperidine rings is 1. The average Bonchev–Trinajstić information content (AvgIpc) is 3.23. The predicted molar refractivity (Wildman–Crippen MR) is 123 cm³/mol. The van der Waals surface area contributed by atoms with Gasteiger partial charge in [-0.1, -0.05) is 24.3 Å². The van der Waals surface area contributed by atoms with Crippen LogP contribution < -0.4 is 5.56 Å². The molecule has 0 saturated carbocycles. The molecule has 5 rings (SSSR count). The number of aromatic amines is 1. The number of nitrogens with one attached hydrogen (secondary N) is 1. The van der Waals surface area contributed by atoms with E-state index in [4.69, 9.17) is 0 Å². The fourth-order valence-electron chi connectivity index (χ4n) is 5.67. The molecule has 2 aliphatic rings. The van der Waals surface area contributed by atoms with Gasteiger partial charge in [-0.05, 0) is 54.0 Å². The van der Waals surface area contributed by atoms with Gasteiger partial charge in [-0.3, -0.25) is 9.59 Å². The molecular formula is C26H29FN3O2+. The van der Waals surface area contributed by atoms with Crippen LogP contribution in [0.4, 0.5) is 4.39 Å². The number of amides is 1. The highest BCUT2D eigenvalue weighted by atomic mass is 19.1. The van der Waals surface area contributed by atoms with Crippen LogP contribution in [0.5, 0.6) is 0 Å². The minimum atomic E-state index is -0.478. The Morgan fingerprint density at radius 1 is 1.16 bits per heavy atom. The number of nitrogens with zero attached hydrogens (tertiary/aromatic N) is 2. The van der Waals surface area contributed by atoms with Gasteiger partial charge < -0.3 is 14.4 Å². The van der Waals surface area contributed by atoms with E-state index in [9.17, 15) is 14.0 Å². The van der Waals surface area contributed by atoms with Crippen LogP contribution in [0.2, 0.25) is 0 Å². The Balaban J connectivity index is 1.42. The first kappa shape index (κ1) is 20.9. The summed E-state index contributed by atoms with van der Waals surface area (Å²) in [7, 11) is 4.47. The summed E-state index contributed by atoms with van der Waals surface area (Å²) in [6, 6.07) is 12.7. The first-order chi connectivity index (χ1) is 15.3. The van der Waals surface area contributed by atoms with Gasteiger partial charge >= 0.3 is 0 Å². The van der Waals surface area contributed by atoms with E-state index in [1.54, 1.807) is 24.4 Å². The van der Waals surface area contributed by atoms with Crippen LogP contribution >= 0.6 is 0 Å². The van der Waals surface area contributed by atoms with E-state index < -0.39 is 5.82 Å². The van der Waals surface area contributed by atoms with E-state index in [0.717, 1.165) is 34.0 Å². The molecule has 1 N–H and O–H groups in total. The van der Waals surface area contributed by atoms with Gasteiger partial charge in [-0.15, -0.1) is 0 Å². The number of hydrogen-bond acceptors (Lipinski definition) is 2. The number of carbonyl (C=O) groups excluding carboxylic acids is 1. The fourth-order valence-corrected chi connectivity index (χ4v) is 5.67. The Hall–Kier alpha value is -2.99. The molecular weight excluding hydrogens is 405 g/mol. The van der Waals surface area contributed by atoms with Crippen LogP contribution in [0.15, 0.2) is 53.5 Å². The zero-order chi connectivity index (χ0) is 22.5. The van der Waals surface area contributed by atoms with E-state index in [1.807, 2.05) is 23.1 Å². The summed E-state index contributed by atoms with van der Waals surface area (Å²) < 4.78 is 15.7. The molecule has 5 nitrogen and oxygen atoms in total. The fraction of sp³-hybridized carbons (Fsp3) is 0.385. The Labute approximate surface area is 187 Å². The molecule has 2 fully saturated rings. The maximum Gasteiger partial charge on any atom is 0.257 e. The number of quaternary nitrogens is 1. The van der Waals surface area contributed by atoms with Crippen molar-refractivity contribution in [3.63, 3.8) is 0 Å². The minimum absolute atomic E-state index is 0.129. The summed E-state index contributed by atoms with van der Waals surface area (Å²) in [6.07, 6.45) is 4.53. The summed E-state index contributed by atoms with van der Waals surface area (Å²) in [5, 5.41) is 1.50. The lowest BCUT2D eigenvalue weighted by atomic mass is 9.91. The molecule has 3 aromatic rings. The highest BCUT2D eigenvalue weighted by Gasteiger charge is 2.47. The van der Waals surface area contributed by atoms with E-state index in [1.165, 1.54) is 12.5 Å². The molecule has 0 aliphatic carbocycles. The third kappa shape index (κ3) is 3.62. The van der Waals surface area contributed by atoms with Crippen LogP contribution in [0.25, 0.3) is 10.8 Å². The smallest absolute Gasteiger partial charge is 0.257 e. The average molecular weight is 435 g/mol. The molecule has 2 atom stereocenters. The number of benzene rings is 2. The van der Waals surface area contributed by atoms with Gasteiger partial charge in [-0.25, -0.2) is 4.39 Å². The number of halogens is 1. The maximum atomic E-state index is 14.7. The third-order valence-corrected chi connectivity index (χ3v) is 7.45. The van der Waals surface area contributed by atoms with Crippen molar-refractivity contribution in [2.45, 2.75) is 25.3 Å². The quantitative estimate of drug-likeness (QED) is 0.641. The molecule has 2 aromatic carbocycles. The van der Waals surface area contributed by atoms with Crippen LogP contribution in [0, 0.1) is 11.7 Å². The predicted octanol–water partition coefficient (Wildman–Crippen LogP) is 3.57. The lowest BCUT2D eigenvalue weighted by molar-refractivity contribution is -0.921. The van der Waals surface area contributed by atoms with Crippen molar-refractivity contribution < 1.29 is 13.7 Å². The van der Waals surface area contributed by atoms with E-state index in [0.29, 0.717) is 36.9 Å². The largest absolute Gasteiger partial charge is 0.332 e. The normalized spacial score (nSPS) is 22.2. The SMILES string of the molecule is C[N+]1(C)CCCC2CN(C(=O)c3cc(Cc4c[nH]c(=O)c5ccccc45)ccc3F)CC21. The van der Waals surface area contributed by atoms with Crippen molar-refractivity contribution in [3.05, 3.63) is 81.5 Å². The Bertz CT molecular complexity index is 1250. The lowest BCUT2D eigenvalue weighted by Gasteiger charge is -2.42.